The maximum Gasteiger partial charge on any atom is 0.290 e. The van der Waals surface area contributed by atoms with Crippen molar-refractivity contribution in [1.82, 2.24) is 19.4 Å². The van der Waals surface area contributed by atoms with Gasteiger partial charge in [-0.1, -0.05) is 0 Å². The van der Waals surface area contributed by atoms with E-state index in [0.29, 0.717) is 31.9 Å². The Kier molecular flexibility index (Phi) is 3.83. The minimum absolute atomic E-state index is 0.0479. The van der Waals surface area contributed by atoms with Gasteiger partial charge in [-0.3, -0.25) is 9.59 Å². The third-order valence-electron chi connectivity index (χ3n) is 5.47. The van der Waals surface area contributed by atoms with Crippen LogP contribution < -0.4 is 0 Å². The van der Waals surface area contributed by atoms with E-state index in [-0.39, 0.29) is 23.3 Å². The van der Waals surface area contributed by atoms with Crippen LogP contribution in [0.3, 0.4) is 0 Å². The first-order valence-corrected chi connectivity index (χ1v) is 8.75. The molecule has 1 aromatic heterocycles. The zero-order valence-corrected chi connectivity index (χ0v) is 14.1. The van der Waals surface area contributed by atoms with Gasteiger partial charge in [-0.2, -0.15) is 0 Å². The summed E-state index contributed by atoms with van der Waals surface area (Å²) in [6.45, 7) is 3.65. The monoisotopic (exact) mass is 332 g/mol. The zero-order chi connectivity index (χ0) is 16.7. The van der Waals surface area contributed by atoms with E-state index in [1.165, 1.54) is 0 Å². The largest absolute Gasteiger partial charge is 0.371 e. The first-order chi connectivity index (χ1) is 11.6. The molecule has 0 bridgehead atoms. The van der Waals surface area contributed by atoms with Crippen molar-refractivity contribution < 1.29 is 14.3 Å². The van der Waals surface area contributed by atoms with Gasteiger partial charge >= 0.3 is 0 Å². The number of carbonyl (C=O) groups excluding carboxylic acids is 2. The van der Waals surface area contributed by atoms with Gasteiger partial charge in [0.05, 0.1) is 19.7 Å². The molecule has 7 heteroatoms. The third kappa shape index (κ3) is 2.70. The highest BCUT2D eigenvalue weighted by Crippen LogP contribution is 2.39. The quantitative estimate of drug-likeness (QED) is 0.816. The number of likely N-dealkylation sites (tertiary alicyclic amines) is 2. The Morgan fingerprint density at radius 3 is 2.71 bits per heavy atom. The molecule has 0 radical (unpaired) electrons. The zero-order valence-electron chi connectivity index (χ0n) is 14.1. The van der Waals surface area contributed by atoms with E-state index in [4.69, 9.17) is 4.74 Å². The molecule has 0 aromatic carbocycles. The fourth-order valence-electron chi connectivity index (χ4n) is 4.14. The Labute approximate surface area is 141 Å². The lowest BCUT2D eigenvalue weighted by atomic mass is 9.85. The Hall–Kier alpha value is -1.89. The number of aryl methyl sites for hydroxylation is 1. The van der Waals surface area contributed by atoms with Crippen LogP contribution in [0.2, 0.25) is 0 Å². The van der Waals surface area contributed by atoms with E-state index >= 15 is 0 Å². The number of hydrogen-bond donors (Lipinski definition) is 0. The summed E-state index contributed by atoms with van der Waals surface area (Å²) in [5, 5.41) is 0. The molecule has 2 amide bonds. The van der Waals surface area contributed by atoms with Gasteiger partial charge in [0.15, 0.2) is 5.82 Å². The molecule has 3 aliphatic rings. The Balaban J connectivity index is 1.29. The van der Waals surface area contributed by atoms with Gasteiger partial charge in [0, 0.05) is 39.0 Å². The number of carbonyl (C=O) groups is 2. The van der Waals surface area contributed by atoms with Gasteiger partial charge in [-0.05, 0) is 25.2 Å². The molecular weight excluding hydrogens is 308 g/mol. The smallest absolute Gasteiger partial charge is 0.290 e. The number of rotatable bonds is 3. The molecule has 0 N–H and O–H groups in total. The van der Waals surface area contributed by atoms with Crippen LogP contribution in [0.25, 0.3) is 0 Å². The van der Waals surface area contributed by atoms with Crippen molar-refractivity contribution in [2.45, 2.75) is 31.3 Å². The second kappa shape index (κ2) is 5.88. The number of imidazole rings is 1. The van der Waals surface area contributed by atoms with E-state index in [1.54, 1.807) is 21.9 Å². The van der Waals surface area contributed by atoms with Crippen LogP contribution in [0.1, 0.15) is 36.3 Å². The molecule has 3 aliphatic heterocycles. The number of amides is 2. The van der Waals surface area contributed by atoms with E-state index in [1.807, 2.05) is 11.9 Å². The van der Waals surface area contributed by atoms with Gasteiger partial charge in [0.25, 0.3) is 5.91 Å². The molecule has 7 nitrogen and oxygen atoms in total. The molecule has 24 heavy (non-hydrogen) atoms. The van der Waals surface area contributed by atoms with Crippen LogP contribution in [-0.4, -0.2) is 69.6 Å². The topological polar surface area (TPSA) is 67.7 Å². The molecule has 0 aliphatic carbocycles. The minimum Gasteiger partial charge on any atom is -0.371 e. The first-order valence-electron chi connectivity index (χ1n) is 8.75. The van der Waals surface area contributed by atoms with Crippen LogP contribution in [0.5, 0.6) is 0 Å². The summed E-state index contributed by atoms with van der Waals surface area (Å²) < 4.78 is 7.73. The maximum atomic E-state index is 12.4. The van der Waals surface area contributed by atoms with Crippen LogP contribution >= 0.6 is 0 Å². The Morgan fingerprint density at radius 1 is 1.29 bits per heavy atom. The summed E-state index contributed by atoms with van der Waals surface area (Å²) in [6.07, 6.45) is 7.11. The van der Waals surface area contributed by atoms with Gasteiger partial charge in [-0.15, -0.1) is 0 Å². The lowest BCUT2D eigenvalue weighted by molar-refractivity contribution is -0.131. The molecule has 1 spiro atoms. The fourth-order valence-corrected chi connectivity index (χ4v) is 4.14. The van der Waals surface area contributed by atoms with Gasteiger partial charge < -0.3 is 19.1 Å². The Bertz CT molecular complexity index is 644. The van der Waals surface area contributed by atoms with Crippen molar-refractivity contribution in [2.75, 3.05) is 32.8 Å². The molecule has 130 valence electrons. The van der Waals surface area contributed by atoms with Crippen molar-refractivity contribution in [3.63, 3.8) is 0 Å². The Morgan fingerprint density at radius 2 is 2.04 bits per heavy atom. The number of hydrogen-bond acceptors (Lipinski definition) is 4. The molecule has 1 unspecified atom stereocenters. The van der Waals surface area contributed by atoms with Crippen molar-refractivity contribution >= 4 is 11.8 Å². The molecule has 4 rings (SSSR count). The highest BCUT2D eigenvalue weighted by Gasteiger charge is 2.52. The highest BCUT2D eigenvalue weighted by atomic mass is 16.5. The summed E-state index contributed by atoms with van der Waals surface area (Å²) >= 11 is 0. The highest BCUT2D eigenvalue weighted by molar-refractivity contribution is 5.91. The molecular formula is C17H24N4O3. The van der Waals surface area contributed by atoms with Crippen molar-refractivity contribution in [3.05, 3.63) is 18.2 Å². The molecule has 4 heterocycles. The predicted molar refractivity (Wildman–Crippen MR) is 86.3 cm³/mol. The second-order valence-electron chi connectivity index (χ2n) is 7.38. The lowest BCUT2D eigenvalue weighted by Gasteiger charge is -2.46. The van der Waals surface area contributed by atoms with Crippen LogP contribution in [-0.2, 0) is 16.6 Å². The molecule has 0 saturated carbocycles. The van der Waals surface area contributed by atoms with Gasteiger partial charge in [-0.25, -0.2) is 4.98 Å². The number of aromatic nitrogens is 2. The van der Waals surface area contributed by atoms with E-state index in [9.17, 15) is 9.59 Å². The number of nitrogens with zero attached hydrogens (tertiary/aromatic N) is 4. The summed E-state index contributed by atoms with van der Waals surface area (Å²) in [4.78, 5) is 32.6. The van der Waals surface area contributed by atoms with Gasteiger partial charge in [0.2, 0.25) is 5.91 Å². The summed E-state index contributed by atoms with van der Waals surface area (Å²) in [5.74, 6) is 0.957. The van der Waals surface area contributed by atoms with Gasteiger partial charge in [0.1, 0.15) is 5.60 Å². The fraction of sp³-hybridized carbons (Fsp3) is 0.706. The molecule has 1 atom stereocenters. The van der Waals surface area contributed by atoms with E-state index < -0.39 is 0 Å². The van der Waals surface area contributed by atoms with E-state index in [0.717, 1.165) is 32.4 Å². The van der Waals surface area contributed by atoms with Crippen LogP contribution in [0.15, 0.2) is 12.4 Å². The SMILES string of the molecule is Cn1ccnc1C(=O)N1CC2(CC(CC(=O)N3CCCC3)CO2)C1. The number of ether oxygens (including phenoxy) is 1. The molecule has 3 saturated heterocycles. The lowest BCUT2D eigenvalue weighted by Crippen LogP contribution is -2.63. The van der Waals surface area contributed by atoms with Crippen LogP contribution in [0.4, 0.5) is 0 Å². The third-order valence-corrected chi connectivity index (χ3v) is 5.47. The average molecular weight is 332 g/mol. The molecule has 1 aromatic rings. The average Bonchev–Trinajstić information content (AvgIpc) is 3.25. The minimum atomic E-state index is -0.239. The standard InChI is InChI=1S/C17H24N4O3/c1-19-7-4-18-15(19)16(23)21-11-17(12-21)9-13(10-24-17)8-14(22)20-5-2-3-6-20/h4,7,13H,2-3,5-6,8-12H2,1H3. The predicted octanol–water partition coefficient (Wildman–Crippen LogP) is 0.664. The van der Waals surface area contributed by atoms with Crippen molar-refractivity contribution in [2.24, 2.45) is 13.0 Å². The maximum absolute atomic E-state index is 12.4. The first kappa shape index (κ1) is 15.6. The van der Waals surface area contributed by atoms with Crippen molar-refractivity contribution in [1.29, 1.82) is 0 Å². The molecule has 3 fully saturated rings. The van der Waals surface area contributed by atoms with Crippen LogP contribution in [0, 0.1) is 5.92 Å². The second-order valence-corrected chi connectivity index (χ2v) is 7.38. The summed E-state index contributed by atoms with van der Waals surface area (Å²) in [7, 11) is 1.82. The normalized spacial score (nSPS) is 25.3. The van der Waals surface area contributed by atoms with E-state index in [2.05, 4.69) is 4.98 Å². The summed E-state index contributed by atoms with van der Waals surface area (Å²) in [5.41, 5.74) is -0.239. The van der Waals surface area contributed by atoms with Crippen molar-refractivity contribution in [3.8, 4) is 0 Å². The summed E-state index contributed by atoms with van der Waals surface area (Å²) in [6, 6.07) is 0.